The molecule has 0 saturated carbocycles. The van der Waals surface area contributed by atoms with Crippen molar-refractivity contribution in [2.45, 2.75) is 59.5 Å². The molecule has 0 aliphatic rings. The van der Waals surface area contributed by atoms with Crippen LogP contribution in [0.3, 0.4) is 0 Å². The Hall–Kier alpha value is -1.35. The third-order valence-corrected chi connectivity index (χ3v) is 3.81. The SMILES string of the molecule is CCCCCN(Cc1ccc(C(=N)N)cc1C)C(C)C. The van der Waals surface area contributed by atoms with Crippen LogP contribution in [0.15, 0.2) is 18.2 Å². The van der Waals surface area contributed by atoms with Crippen LogP contribution in [0.25, 0.3) is 0 Å². The minimum atomic E-state index is 0.142. The fraction of sp³-hybridized carbons (Fsp3) is 0.588. The summed E-state index contributed by atoms with van der Waals surface area (Å²) in [5.41, 5.74) is 8.90. The molecule has 1 aromatic carbocycles. The summed E-state index contributed by atoms with van der Waals surface area (Å²) >= 11 is 0. The van der Waals surface area contributed by atoms with E-state index in [1.54, 1.807) is 0 Å². The Morgan fingerprint density at radius 1 is 1.30 bits per heavy atom. The average Bonchev–Trinajstić information content (AvgIpc) is 2.39. The van der Waals surface area contributed by atoms with Gasteiger partial charge < -0.3 is 5.73 Å². The summed E-state index contributed by atoms with van der Waals surface area (Å²) in [6.45, 7) is 11.0. The predicted molar refractivity (Wildman–Crippen MR) is 87.3 cm³/mol. The normalized spacial score (nSPS) is 11.3. The summed E-state index contributed by atoms with van der Waals surface area (Å²) in [4.78, 5) is 2.52. The van der Waals surface area contributed by atoms with E-state index in [9.17, 15) is 0 Å². The minimum absolute atomic E-state index is 0.142. The van der Waals surface area contributed by atoms with Gasteiger partial charge in [-0.2, -0.15) is 0 Å². The highest BCUT2D eigenvalue weighted by Gasteiger charge is 2.11. The zero-order chi connectivity index (χ0) is 15.1. The van der Waals surface area contributed by atoms with Gasteiger partial charge in [0.25, 0.3) is 0 Å². The number of hydrogen-bond donors (Lipinski definition) is 2. The number of rotatable bonds is 8. The van der Waals surface area contributed by atoms with Crippen LogP contribution in [0.5, 0.6) is 0 Å². The van der Waals surface area contributed by atoms with Crippen molar-refractivity contribution in [3.63, 3.8) is 0 Å². The van der Waals surface area contributed by atoms with Crippen LogP contribution in [0.1, 0.15) is 56.7 Å². The first-order chi connectivity index (χ1) is 9.45. The largest absolute Gasteiger partial charge is 0.384 e. The second kappa shape index (κ2) is 8.05. The fourth-order valence-corrected chi connectivity index (χ4v) is 2.34. The van der Waals surface area contributed by atoms with Crippen molar-refractivity contribution < 1.29 is 0 Å². The van der Waals surface area contributed by atoms with Gasteiger partial charge in [-0.25, -0.2) is 0 Å². The third-order valence-electron chi connectivity index (χ3n) is 3.81. The standard InChI is InChI=1S/C17H29N3/c1-5-6-7-10-20(13(2)3)12-16-9-8-15(17(18)19)11-14(16)4/h8-9,11,13H,5-7,10,12H2,1-4H3,(H3,18,19). The van der Waals surface area contributed by atoms with Gasteiger partial charge in [-0.15, -0.1) is 0 Å². The van der Waals surface area contributed by atoms with E-state index >= 15 is 0 Å². The Kier molecular flexibility index (Phi) is 6.73. The van der Waals surface area contributed by atoms with Gasteiger partial charge in [0, 0.05) is 18.2 Å². The van der Waals surface area contributed by atoms with Crippen LogP contribution >= 0.6 is 0 Å². The molecule has 3 heteroatoms. The number of hydrogen-bond acceptors (Lipinski definition) is 2. The first kappa shape index (κ1) is 16.7. The Morgan fingerprint density at radius 3 is 2.50 bits per heavy atom. The van der Waals surface area contributed by atoms with Crippen LogP contribution in [-0.4, -0.2) is 23.3 Å². The van der Waals surface area contributed by atoms with Gasteiger partial charge in [-0.05, 0) is 50.9 Å². The summed E-state index contributed by atoms with van der Waals surface area (Å²) in [6, 6.07) is 6.64. The van der Waals surface area contributed by atoms with Gasteiger partial charge in [0.2, 0.25) is 0 Å². The zero-order valence-corrected chi connectivity index (χ0v) is 13.4. The molecule has 20 heavy (non-hydrogen) atoms. The molecule has 1 rings (SSSR count). The van der Waals surface area contributed by atoms with Crippen LogP contribution in [0.4, 0.5) is 0 Å². The molecule has 0 fully saturated rings. The van der Waals surface area contributed by atoms with Crippen LogP contribution < -0.4 is 5.73 Å². The Balaban J connectivity index is 2.75. The number of unbranched alkanes of at least 4 members (excludes halogenated alkanes) is 2. The lowest BCUT2D eigenvalue weighted by molar-refractivity contribution is 0.208. The molecule has 0 amide bonds. The molecule has 0 unspecified atom stereocenters. The molecule has 0 spiro atoms. The number of aryl methyl sites for hydroxylation is 1. The monoisotopic (exact) mass is 275 g/mol. The van der Waals surface area contributed by atoms with Gasteiger partial charge in [0.1, 0.15) is 5.84 Å². The Bertz CT molecular complexity index is 438. The molecule has 0 bridgehead atoms. The van der Waals surface area contributed by atoms with Crippen molar-refractivity contribution in [1.82, 2.24) is 4.90 Å². The van der Waals surface area contributed by atoms with Crippen molar-refractivity contribution in [2.24, 2.45) is 5.73 Å². The van der Waals surface area contributed by atoms with Crippen LogP contribution in [0, 0.1) is 12.3 Å². The fourth-order valence-electron chi connectivity index (χ4n) is 2.34. The maximum Gasteiger partial charge on any atom is 0.122 e. The molecule has 0 atom stereocenters. The second-order valence-corrected chi connectivity index (χ2v) is 5.83. The van der Waals surface area contributed by atoms with Gasteiger partial charge in [0.15, 0.2) is 0 Å². The molecule has 3 nitrogen and oxygen atoms in total. The molecule has 0 radical (unpaired) electrons. The zero-order valence-electron chi connectivity index (χ0n) is 13.4. The summed E-state index contributed by atoms with van der Waals surface area (Å²) in [5, 5.41) is 7.49. The average molecular weight is 275 g/mol. The Labute approximate surface area is 123 Å². The highest BCUT2D eigenvalue weighted by molar-refractivity contribution is 5.95. The van der Waals surface area contributed by atoms with E-state index in [0.29, 0.717) is 6.04 Å². The maximum absolute atomic E-state index is 7.49. The molecule has 0 aliphatic carbocycles. The van der Waals surface area contributed by atoms with Crippen molar-refractivity contribution in [3.8, 4) is 0 Å². The summed E-state index contributed by atoms with van der Waals surface area (Å²) in [7, 11) is 0. The third kappa shape index (κ3) is 4.97. The van der Waals surface area contributed by atoms with Crippen LogP contribution in [0.2, 0.25) is 0 Å². The smallest absolute Gasteiger partial charge is 0.122 e. The number of amidine groups is 1. The number of nitrogens with one attached hydrogen (secondary N) is 1. The first-order valence-electron chi connectivity index (χ1n) is 7.63. The number of nitrogen functional groups attached to an aromatic ring is 1. The van der Waals surface area contributed by atoms with E-state index < -0.39 is 0 Å². The highest BCUT2D eigenvalue weighted by Crippen LogP contribution is 2.16. The van der Waals surface area contributed by atoms with Crippen LogP contribution in [-0.2, 0) is 6.54 Å². The molecule has 1 aromatic rings. The molecule has 0 heterocycles. The topological polar surface area (TPSA) is 53.1 Å². The summed E-state index contributed by atoms with van der Waals surface area (Å²) in [6.07, 6.45) is 3.82. The molecular formula is C17H29N3. The second-order valence-electron chi connectivity index (χ2n) is 5.83. The van der Waals surface area contributed by atoms with E-state index in [-0.39, 0.29) is 5.84 Å². The summed E-state index contributed by atoms with van der Waals surface area (Å²) in [5.74, 6) is 0.142. The lowest BCUT2D eigenvalue weighted by Gasteiger charge is -2.27. The predicted octanol–water partition coefficient (Wildman–Crippen LogP) is 3.68. The number of nitrogens with zero attached hydrogens (tertiary/aromatic N) is 1. The highest BCUT2D eigenvalue weighted by atomic mass is 15.1. The van der Waals surface area contributed by atoms with Crippen molar-refractivity contribution in [2.75, 3.05) is 6.54 Å². The quantitative estimate of drug-likeness (QED) is 0.432. The lowest BCUT2D eigenvalue weighted by Crippen LogP contribution is -2.31. The van der Waals surface area contributed by atoms with Crippen molar-refractivity contribution >= 4 is 5.84 Å². The van der Waals surface area contributed by atoms with Gasteiger partial charge in [-0.1, -0.05) is 31.9 Å². The number of nitrogens with two attached hydrogens (primary N) is 1. The van der Waals surface area contributed by atoms with Gasteiger partial charge in [0.05, 0.1) is 0 Å². The molecule has 3 N–H and O–H groups in total. The molecule has 0 aromatic heterocycles. The first-order valence-corrected chi connectivity index (χ1v) is 7.63. The maximum atomic E-state index is 7.49. The number of benzene rings is 1. The molecule has 0 saturated heterocycles. The molecular weight excluding hydrogens is 246 g/mol. The van der Waals surface area contributed by atoms with Gasteiger partial charge >= 0.3 is 0 Å². The molecule has 112 valence electrons. The van der Waals surface area contributed by atoms with E-state index in [4.69, 9.17) is 11.1 Å². The Morgan fingerprint density at radius 2 is 2.00 bits per heavy atom. The summed E-state index contributed by atoms with van der Waals surface area (Å²) < 4.78 is 0. The minimum Gasteiger partial charge on any atom is -0.384 e. The van der Waals surface area contributed by atoms with Gasteiger partial charge in [-0.3, -0.25) is 10.3 Å². The van der Waals surface area contributed by atoms with E-state index in [1.165, 1.54) is 30.4 Å². The lowest BCUT2D eigenvalue weighted by atomic mass is 10.0. The van der Waals surface area contributed by atoms with E-state index in [2.05, 4.69) is 38.7 Å². The molecule has 0 aliphatic heterocycles. The van der Waals surface area contributed by atoms with E-state index in [0.717, 1.165) is 18.7 Å². The van der Waals surface area contributed by atoms with Crippen molar-refractivity contribution in [1.29, 1.82) is 5.41 Å². The van der Waals surface area contributed by atoms with E-state index in [1.807, 2.05) is 12.1 Å². The van der Waals surface area contributed by atoms with Crippen molar-refractivity contribution in [3.05, 3.63) is 34.9 Å².